The van der Waals surface area contributed by atoms with Crippen LogP contribution in [-0.4, -0.2) is 12.0 Å². The topological polar surface area (TPSA) is 66.2 Å². The second-order valence-electron chi connectivity index (χ2n) is 5.21. The number of carbonyl (C=O) groups excluding carboxylic acids is 1. The van der Waals surface area contributed by atoms with Crippen molar-refractivity contribution in [1.29, 1.82) is 0 Å². The van der Waals surface area contributed by atoms with Gasteiger partial charge in [0, 0.05) is 6.04 Å². The van der Waals surface area contributed by atoms with Gasteiger partial charge in [-0.2, -0.15) is 27.8 Å². The van der Waals surface area contributed by atoms with Gasteiger partial charge in [-0.25, -0.2) is 0 Å². The van der Waals surface area contributed by atoms with Gasteiger partial charge in [-0.3, -0.25) is 0 Å². The first-order chi connectivity index (χ1) is 9.11. The Labute approximate surface area is 137 Å². The van der Waals surface area contributed by atoms with Crippen molar-refractivity contribution in [3.63, 3.8) is 0 Å². The van der Waals surface area contributed by atoms with Gasteiger partial charge in [0.15, 0.2) is 0 Å². The van der Waals surface area contributed by atoms with E-state index in [1.165, 1.54) is 45.7 Å². The van der Waals surface area contributed by atoms with Crippen LogP contribution >= 0.6 is 9.58 Å². The number of carboxylic acids is 1. The third-order valence-electron chi connectivity index (χ3n) is 3.80. The van der Waals surface area contributed by atoms with E-state index in [1.807, 2.05) is 0 Å². The fourth-order valence-electron chi connectivity index (χ4n) is 1.68. The molecule has 1 aromatic rings. The molecule has 1 rings (SSSR count). The molecule has 0 spiro atoms. The van der Waals surface area contributed by atoms with Crippen LogP contribution in [-0.2, 0) is 22.7 Å². The van der Waals surface area contributed by atoms with E-state index in [0.29, 0.717) is 0 Å². The van der Waals surface area contributed by atoms with Crippen molar-refractivity contribution < 1.29 is 27.8 Å². The summed E-state index contributed by atoms with van der Waals surface area (Å²) in [5, 5.41) is 9.90. The number of hydrogen-bond acceptors (Lipinski definition) is 3. The minimum absolute atomic E-state index is 0.0417. The van der Waals surface area contributed by atoms with Gasteiger partial charge < -0.3 is 15.6 Å². The Morgan fingerprint density at radius 2 is 1.45 bits per heavy atom. The number of hydrogen-bond donors (Lipinski definition) is 1. The number of rotatable bonds is 2. The van der Waals surface area contributed by atoms with Crippen LogP contribution in [0.25, 0.3) is 0 Å². The second kappa shape index (κ2) is 10.4. The van der Waals surface area contributed by atoms with Crippen LogP contribution in [0.2, 0.25) is 0 Å². The van der Waals surface area contributed by atoms with Crippen LogP contribution in [0.3, 0.4) is 0 Å². The first kappa shape index (κ1) is 22.0. The van der Waals surface area contributed by atoms with Crippen LogP contribution < -0.4 is 10.8 Å². The zero-order valence-electron chi connectivity index (χ0n) is 13.3. The summed E-state index contributed by atoms with van der Waals surface area (Å²) in [5.74, 6) is -1.22. The number of nitrogens with two attached hydrogens (primary N) is 1. The van der Waals surface area contributed by atoms with Crippen molar-refractivity contribution in [2.75, 3.05) is 0 Å². The molecule has 0 aromatic heterocycles. The standard InChI is InChI=1S/C10H15.C5H11NO2.ClH.Ir/c1-6-7(2)9(4)10(5)8(6)3;1-3(2)4(6)5(7)8;;/h1-5H3;3-4H,6H2,1-2H3,(H,7,8);1H;/q-1;;;+3/p-2/t;4-;;/m.0../s1. The number of carboxylic acid groups (broad SMARTS) is 1. The van der Waals surface area contributed by atoms with Crippen LogP contribution in [0.15, 0.2) is 0 Å². The van der Waals surface area contributed by atoms with Crippen molar-refractivity contribution in [2.45, 2.75) is 54.5 Å². The van der Waals surface area contributed by atoms with E-state index in [2.05, 4.69) is 44.2 Å². The molecule has 0 saturated carbocycles. The molecule has 0 unspecified atom stereocenters. The van der Waals surface area contributed by atoms with Crippen molar-refractivity contribution in [1.82, 2.24) is 0 Å². The summed E-state index contributed by atoms with van der Waals surface area (Å²) < 4.78 is 0. The molecule has 20 heavy (non-hydrogen) atoms. The van der Waals surface area contributed by atoms with Gasteiger partial charge >= 0.3 is 27.5 Å². The van der Waals surface area contributed by atoms with Crippen LogP contribution in [0.5, 0.6) is 0 Å². The molecule has 118 valence electrons. The first-order valence-corrected chi connectivity index (χ1v) is 9.36. The van der Waals surface area contributed by atoms with Crippen molar-refractivity contribution in [3.8, 4) is 0 Å². The Morgan fingerprint density at radius 1 is 1.15 bits per heavy atom. The number of carbonyl (C=O) groups is 1. The van der Waals surface area contributed by atoms with E-state index in [1.54, 1.807) is 13.8 Å². The maximum atomic E-state index is 9.90. The van der Waals surface area contributed by atoms with Crippen LogP contribution in [0, 0.1) is 40.5 Å². The first-order valence-electron chi connectivity index (χ1n) is 6.39. The van der Waals surface area contributed by atoms with E-state index in [4.69, 9.17) is 5.73 Å². The summed E-state index contributed by atoms with van der Waals surface area (Å²) in [6, 6.07) is -0.824. The van der Waals surface area contributed by atoms with E-state index in [-0.39, 0.29) is 5.92 Å². The Balaban J connectivity index is 0. The molecular formula is C15H25ClIrNO2. The Kier molecular flexibility index (Phi) is 11.5. The van der Waals surface area contributed by atoms with Gasteiger partial charge in [0.1, 0.15) is 0 Å². The Morgan fingerprint density at radius 3 is 1.50 bits per heavy atom. The number of halogens is 1. The van der Waals surface area contributed by atoms with E-state index in [0.717, 1.165) is 0 Å². The number of aliphatic carboxylic acids is 1. The summed E-state index contributed by atoms with van der Waals surface area (Å²) >= 11 is 1.47. The molecule has 0 aliphatic heterocycles. The molecule has 0 aliphatic rings. The van der Waals surface area contributed by atoms with Gasteiger partial charge in [-0.15, -0.1) is 0 Å². The van der Waals surface area contributed by atoms with Gasteiger partial charge in [-0.05, 0) is 5.92 Å². The van der Waals surface area contributed by atoms with E-state index >= 15 is 0 Å². The summed E-state index contributed by atoms with van der Waals surface area (Å²) in [5.41, 5.74) is 12.4. The molecule has 0 aliphatic carbocycles. The minimum atomic E-state index is -1.18. The van der Waals surface area contributed by atoms with Gasteiger partial charge in [0.2, 0.25) is 0 Å². The fourth-order valence-corrected chi connectivity index (χ4v) is 1.68. The zero-order valence-corrected chi connectivity index (χ0v) is 16.4. The third kappa shape index (κ3) is 6.45. The van der Waals surface area contributed by atoms with Gasteiger partial charge in [0.25, 0.3) is 0 Å². The summed E-state index contributed by atoms with van der Waals surface area (Å²) in [6.07, 6.45) is 0. The third-order valence-corrected chi connectivity index (χ3v) is 3.80. The fraction of sp³-hybridized carbons (Fsp3) is 0.600. The molecular weight excluding hydrogens is 454 g/mol. The van der Waals surface area contributed by atoms with Crippen molar-refractivity contribution in [2.24, 2.45) is 11.7 Å². The predicted molar refractivity (Wildman–Crippen MR) is 79.4 cm³/mol. The summed E-state index contributed by atoms with van der Waals surface area (Å²) in [4.78, 5) is 9.90. The van der Waals surface area contributed by atoms with Crippen molar-refractivity contribution >= 4 is 15.6 Å². The van der Waals surface area contributed by atoms with Crippen molar-refractivity contribution in [3.05, 3.63) is 27.8 Å². The molecule has 0 heterocycles. The predicted octanol–water partition coefficient (Wildman–Crippen LogP) is 2.35. The molecule has 2 N–H and O–H groups in total. The molecule has 1 aromatic carbocycles. The molecule has 0 saturated heterocycles. The van der Waals surface area contributed by atoms with Gasteiger partial charge in [0.05, 0.1) is 5.97 Å². The quantitative estimate of drug-likeness (QED) is 0.663. The van der Waals surface area contributed by atoms with Crippen LogP contribution in [0.4, 0.5) is 0 Å². The van der Waals surface area contributed by atoms with E-state index in [9.17, 15) is 9.90 Å². The normalized spacial score (nSPS) is 11.2. The van der Waals surface area contributed by atoms with Crippen LogP contribution in [0.1, 0.15) is 41.7 Å². The van der Waals surface area contributed by atoms with E-state index < -0.39 is 12.0 Å². The zero-order chi connectivity index (χ0) is 16.6. The summed E-state index contributed by atoms with van der Waals surface area (Å²) in [6.45, 7) is 14.5. The Hall–Kier alpha value is -0.281. The molecule has 3 nitrogen and oxygen atoms in total. The summed E-state index contributed by atoms with van der Waals surface area (Å²) in [7, 11) is 4.64. The second-order valence-corrected chi connectivity index (χ2v) is 5.21. The molecule has 0 fully saturated rings. The monoisotopic (exact) mass is 479 g/mol. The molecule has 0 bridgehead atoms. The average molecular weight is 479 g/mol. The molecule has 5 heteroatoms. The Bertz CT molecular complexity index is 348. The van der Waals surface area contributed by atoms with Gasteiger partial charge in [-0.1, -0.05) is 48.5 Å². The molecule has 0 amide bonds. The SMILES string of the molecule is CC(C)[C@H](N)C(=O)[O-].Cc1c(C)c(C)[c-](C)c1C.[Cl][Ir+2]. The molecule has 0 radical (unpaired) electrons. The molecule has 1 atom stereocenters. The average Bonchev–Trinajstić information content (AvgIpc) is 2.59. The maximum absolute atomic E-state index is 9.90.